The van der Waals surface area contributed by atoms with Gasteiger partial charge in [-0.1, -0.05) is 18.2 Å². The molecule has 3 nitrogen and oxygen atoms in total. The van der Waals surface area contributed by atoms with Gasteiger partial charge in [0, 0.05) is 5.39 Å². The van der Waals surface area contributed by atoms with E-state index in [1.165, 1.54) is 0 Å². The molecule has 0 N–H and O–H groups in total. The minimum absolute atomic E-state index is 0.156. The molecule has 0 saturated heterocycles. The largest absolute Gasteiger partial charge is 0.295 e. The van der Waals surface area contributed by atoms with Gasteiger partial charge in [0.1, 0.15) is 12.0 Å². The van der Waals surface area contributed by atoms with Gasteiger partial charge in [0.15, 0.2) is 0 Å². The molecule has 2 heterocycles. The molecule has 13 heavy (non-hydrogen) atoms. The Hall–Kier alpha value is -1.90. The molecule has 0 aliphatic carbocycles. The van der Waals surface area contributed by atoms with Gasteiger partial charge in [-0.2, -0.15) is 4.99 Å². The Morgan fingerprint density at radius 3 is 3.00 bits per heavy atom. The second kappa shape index (κ2) is 2.07. The first-order valence-corrected chi connectivity index (χ1v) is 4.05. The molecule has 3 rings (SSSR count). The van der Waals surface area contributed by atoms with E-state index in [-0.39, 0.29) is 5.91 Å². The van der Waals surface area contributed by atoms with Crippen LogP contribution in [0.4, 0.5) is 0 Å². The molecule has 0 saturated carbocycles. The normalized spacial score (nSPS) is 14.0. The fourth-order valence-electron chi connectivity index (χ4n) is 1.64. The Balaban J connectivity index is 2.51. The Labute approximate surface area is 74.3 Å². The van der Waals surface area contributed by atoms with Crippen LogP contribution in [-0.4, -0.2) is 16.8 Å². The summed E-state index contributed by atoms with van der Waals surface area (Å²) >= 11 is 0. The molecule has 2 aromatic rings. The summed E-state index contributed by atoms with van der Waals surface area (Å²) in [6.07, 6.45) is 1.57. The molecule has 0 atom stereocenters. The number of carbonyl (C=O) groups is 1. The highest BCUT2D eigenvalue weighted by molar-refractivity contribution is 6.09. The molecule has 0 unspecified atom stereocenters. The number of benzene rings is 1. The lowest BCUT2D eigenvalue weighted by molar-refractivity contribution is 0.100. The first kappa shape index (κ1) is 6.60. The maximum absolute atomic E-state index is 11.2. The van der Waals surface area contributed by atoms with Crippen LogP contribution in [0.1, 0.15) is 10.5 Å². The number of hydrogen-bond donors (Lipinski definition) is 0. The lowest BCUT2D eigenvalue weighted by Gasteiger charge is -1.92. The standard InChI is InChI=1S/C10H6N2O/c13-10-9-5-7-3-1-2-4-8(7)12(9)6-11-10/h1-6H. The van der Waals surface area contributed by atoms with E-state index in [1.54, 1.807) is 6.34 Å². The number of amides is 1. The first-order valence-electron chi connectivity index (χ1n) is 4.05. The summed E-state index contributed by atoms with van der Waals surface area (Å²) in [5, 5.41) is 1.08. The van der Waals surface area contributed by atoms with E-state index >= 15 is 0 Å². The van der Waals surface area contributed by atoms with Gasteiger partial charge in [-0.15, -0.1) is 0 Å². The molecular weight excluding hydrogens is 164 g/mol. The summed E-state index contributed by atoms with van der Waals surface area (Å²) in [6.45, 7) is 0. The number of nitrogens with zero attached hydrogens (tertiary/aromatic N) is 2. The third-order valence-electron chi connectivity index (χ3n) is 2.26. The van der Waals surface area contributed by atoms with Crippen LogP contribution in [0.5, 0.6) is 0 Å². The van der Waals surface area contributed by atoms with Gasteiger partial charge in [-0.3, -0.25) is 9.36 Å². The molecule has 1 aromatic carbocycles. The van der Waals surface area contributed by atoms with Crippen molar-refractivity contribution in [2.24, 2.45) is 4.99 Å². The van der Waals surface area contributed by atoms with Crippen LogP contribution in [0, 0.1) is 0 Å². The zero-order valence-electron chi connectivity index (χ0n) is 6.77. The summed E-state index contributed by atoms with van der Waals surface area (Å²) in [5.74, 6) is -0.156. The Kier molecular flexibility index (Phi) is 1.05. The van der Waals surface area contributed by atoms with Crippen molar-refractivity contribution in [2.45, 2.75) is 0 Å². The van der Waals surface area contributed by atoms with Gasteiger partial charge in [0.25, 0.3) is 5.91 Å². The van der Waals surface area contributed by atoms with Crippen LogP contribution in [0.3, 0.4) is 0 Å². The molecule has 1 aliphatic heterocycles. The molecule has 1 aliphatic rings. The zero-order chi connectivity index (χ0) is 8.84. The highest BCUT2D eigenvalue weighted by Crippen LogP contribution is 2.21. The second-order valence-electron chi connectivity index (χ2n) is 3.01. The van der Waals surface area contributed by atoms with Gasteiger partial charge < -0.3 is 0 Å². The van der Waals surface area contributed by atoms with E-state index in [0.717, 1.165) is 10.9 Å². The van der Waals surface area contributed by atoms with E-state index < -0.39 is 0 Å². The lowest BCUT2D eigenvalue weighted by atomic mass is 10.2. The summed E-state index contributed by atoms with van der Waals surface area (Å²) in [7, 11) is 0. The number of para-hydroxylation sites is 1. The number of carbonyl (C=O) groups excluding carboxylic acids is 1. The highest BCUT2D eigenvalue weighted by atomic mass is 16.1. The molecule has 62 valence electrons. The van der Waals surface area contributed by atoms with Gasteiger partial charge in [-0.25, -0.2) is 0 Å². The number of fused-ring (bicyclic) bond motifs is 3. The average molecular weight is 170 g/mol. The average Bonchev–Trinajstić information content (AvgIpc) is 2.67. The van der Waals surface area contributed by atoms with Crippen LogP contribution in [0.2, 0.25) is 0 Å². The third-order valence-corrected chi connectivity index (χ3v) is 2.26. The lowest BCUT2D eigenvalue weighted by Crippen LogP contribution is -1.94. The maximum Gasteiger partial charge on any atom is 0.295 e. The molecule has 3 heteroatoms. The van der Waals surface area contributed by atoms with Crippen LogP contribution in [0.15, 0.2) is 35.3 Å². The Morgan fingerprint density at radius 1 is 1.23 bits per heavy atom. The van der Waals surface area contributed by atoms with Crippen molar-refractivity contribution in [1.29, 1.82) is 0 Å². The Bertz CT molecular complexity index is 537. The number of hydrogen-bond acceptors (Lipinski definition) is 1. The predicted molar refractivity (Wildman–Crippen MR) is 50.2 cm³/mol. The third kappa shape index (κ3) is 0.731. The fourth-order valence-corrected chi connectivity index (χ4v) is 1.64. The minimum Gasteiger partial charge on any atom is -0.295 e. The van der Waals surface area contributed by atoms with Crippen molar-refractivity contribution in [3.8, 4) is 0 Å². The van der Waals surface area contributed by atoms with E-state index in [1.807, 2.05) is 34.9 Å². The quantitative estimate of drug-likeness (QED) is 0.592. The number of aromatic nitrogens is 1. The molecule has 1 amide bonds. The van der Waals surface area contributed by atoms with Crippen LogP contribution >= 0.6 is 0 Å². The van der Waals surface area contributed by atoms with Crippen molar-refractivity contribution < 1.29 is 4.79 Å². The number of aliphatic imine (C=N–C) groups is 1. The molecule has 0 radical (unpaired) electrons. The van der Waals surface area contributed by atoms with E-state index in [4.69, 9.17) is 0 Å². The minimum atomic E-state index is -0.156. The fraction of sp³-hybridized carbons (Fsp3) is 0. The number of rotatable bonds is 0. The molecule has 0 fully saturated rings. The van der Waals surface area contributed by atoms with E-state index in [0.29, 0.717) is 5.69 Å². The van der Waals surface area contributed by atoms with Gasteiger partial charge in [0.05, 0.1) is 5.52 Å². The molecule has 0 spiro atoms. The smallest absolute Gasteiger partial charge is 0.295 e. The first-order chi connectivity index (χ1) is 6.36. The van der Waals surface area contributed by atoms with Crippen molar-refractivity contribution in [2.75, 3.05) is 0 Å². The van der Waals surface area contributed by atoms with Gasteiger partial charge >= 0.3 is 0 Å². The Morgan fingerprint density at radius 2 is 2.08 bits per heavy atom. The van der Waals surface area contributed by atoms with Crippen LogP contribution < -0.4 is 0 Å². The van der Waals surface area contributed by atoms with Crippen molar-refractivity contribution in [3.63, 3.8) is 0 Å². The van der Waals surface area contributed by atoms with E-state index in [2.05, 4.69) is 4.99 Å². The summed E-state index contributed by atoms with van der Waals surface area (Å²) in [6, 6.07) is 9.74. The van der Waals surface area contributed by atoms with Crippen LogP contribution in [-0.2, 0) is 0 Å². The van der Waals surface area contributed by atoms with E-state index in [9.17, 15) is 4.79 Å². The highest BCUT2D eigenvalue weighted by Gasteiger charge is 2.17. The van der Waals surface area contributed by atoms with Gasteiger partial charge in [-0.05, 0) is 12.1 Å². The van der Waals surface area contributed by atoms with Gasteiger partial charge in [0.2, 0.25) is 0 Å². The van der Waals surface area contributed by atoms with Crippen molar-refractivity contribution in [1.82, 2.24) is 4.57 Å². The van der Waals surface area contributed by atoms with Crippen LogP contribution in [0.25, 0.3) is 10.9 Å². The summed E-state index contributed by atoms with van der Waals surface area (Å²) < 4.78 is 1.82. The summed E-state index contributed by atoms with van der Waals surface area (Å²) in [4.78, 5) is 14.9. The maximum atomic E-state index is 11.2. The topological polar surface area (TPSA) is 34.4 Å². The van der Waals surface area contributed by atoms with Crippen molar-refractivity contribution >= 4 is 23.1 Å². The van der Waals surface area contributed by atoms with Crippen molar-refractivity contribution in [3.05, 3.63) is 36.0 Å². The molecule has 0 bridgehead atoms. The molecule has 1 aromatic heterocycles. The summed E-state index contributed by atoms with van der Waals surface area (Å²) in [5.41, 5.74) is 1.69. The zero-order valence-corrected chi connectivity index (χ0v) is 6.77. The molecular formula is C10H6N2O. The second-order valence-corrected chi connectivity index (χ2v) is 3.01. The SMILES string of the molecule is O=C1N=Cn2c1cc1ccccc12. The predicted octanol–water partition coefficient (Wildman–Crippen LogP) is 1.67. The monoisotopic (exact) mass is 170 g/mol.